The Balaban J connectivity index is 1.91. The molecule has 3 aromatic rings. The van der Waals surface area contributed by atoms with E-state index >= 15 is 0 Å². The minimum atomic E-state index is 0.604. The highest BCUT2D eigenvalue weighted by atomic mass is 16.5. The number of nitrogens with zero attached hydrogens (tertiary/aromatic N) is 4. The summed E-state index contributed by atoms with van der Waals surface area (Å²) in [4.78, 5) is 8.58. The van der Waals surface area contributed by atoms with Crippen LogP contribution in [-0.2, 0) is 17.8 Å². The van der Waals surface area contributed by atoms with Crippen molar-refractivity contribution in [1.82, 2.24) is 19.6 Å². The predicted molar refractivity (Wildman–Crippen MR) is 80.6 cm³/mol. The number of anilines is 2. The number of hydrogen-bond donors (Lipinski definition) is 1. The van der Waals surface area contributed by atoms with Crippen LogP contribution in [0.4, 0.5) is 11.5 Å². The van der Waals surface area contributed by atoms with Gasteiger partial charge >= 0.3 is 0 Å². The van der Waals surface area contributed by atoms with Crippen LogP contribution in [0.3, 0.4) is 0 Å². The van der Waals surface area contributed by atoms with Crippen LogP contribution in [0.1, 0.15) is 18.2 Å². The van der Waals surface area contributed by atoms with Gasteiger partial charge in [-0.2, -0.15) is 14.6 Å². The van der Waals surface area contributed by atoms with Crippen LogP contribution in [0.5, 0.6) is 0 Å². The van der Waals surface area contributed by atoms with Crippen LogP contribution in [0, 0.1) is 0 Å². The van der Waals surface area contributed by atoms with Crippen molar-refractivity contribution < 1.29 is 4.74 Å². The molecule has 3 rings (SSSR count). The highest BCUT2D eigenvalue weighted by Crippen LogP contribution is 2.18. The lowest BCUT2D eigenvalue weighted by atomic mass is 10.2. The molecule has 0 radical (unpaired) electrons. The summed E-state index contributed by atoms with van der Waals surface area (Å²) < 4.78 is 6.81. The zero-order valence-corrected chi connectivity index (χ0v) is 12.1. The first-order valence-electron chi connectivity index (χ1n) is 6.84. The van der Waals surface area contributed by atoms with E-state index in [0.29, 0.717) is 12.4 Å². The summed E-state index contributed by atoms with van der Waals surface area (Å²) >= 11 is 0. The normalized spacial score (nSPS) is 11.0. The SMILES string of the molecule is CCc1cc(Nc2ccc(COC)cc2)n2ncnc2n1. The monoisotopic (exact) mass is 283 g/mol. The Morgan fingerprint density at radius 1 is 1.24 bits per heavy atom. The maximum absolute atomic E-state index is 5.11. The van der Waals surface area contributed by atoms with Crippen molar-refractivity contribution in [3.63, 3.8) is 0 Å². The zero-order valence-electron chi connectivity index (χ0n) is 12.1. The van der Waals surface area contributed by atoms with E-state index in [-0.39, 0.29) is 0 Å². The molecule has 0 fully saturated rings. The lowest BCUT2D eigenvalue weighted by Crippen LogP contribution is -2.03. The molecule has 2 heterocycles. The zero-order chi connectivity index (χ0) is 14.7. The number of ether oxygens (including phenoxy) is 1. The molecule has 6 nitrogen and oxygen atoms in total. The van der Waals surface area contributed by atoms with Crippen LogP contribution in [0.15, 0.2) is 36.7 Å². The Morgan fingerprint density at radius 2 is 2.05 bits per heavy atom. The number of aryl methyl sites for hydroxylation is 1. The lowest BCUT2D eigenvalue weighted by Gasteiger charge is -2.10. The lowest BCUT2D eigenvalue weighted by molar-refractivity contribution is 0.185. The summed E-state index contributed by atoms with van der Waals surface area (Å²) in [5.74, 6) is 1.46. The molecular formula is C15H17N5O. The van der Waals surface area contributed by atoms with E-state index in [1.807, 2.05) is 30.3 Å². The summed E-state index contributed by atoms with van der Waals surface area (Å²) in [6.45, 7) is 2.68. The topological polar surface area (TPSA) is 64.3 Å². The van der Waals surface area contributed by atoms with Crippen molar-refractivity contribution in [2.24, 2.45) is 0 Å². The molecule has 108 valence electrons. The van der Waals surface area contributed by atoms with Crippen molar-refractivity contribution in [3.05, 3.63) is 47.9 Å². The van der Waals surface area contributed by atoms with E-state index in [9.17, 15) is 0 Å². The molecular weight excluding hydrogens is 266 g/mol. The average molecular weight is 283 g/mol. The van der Waals surface area contributed by atoms with Gasteiger partial charge in [0.2, 0.25) is 0 Å². The molecule has 1 N–H and O–H groups in total. The van der Waals surface area contributed by atoms with Crippen molar-refractivity contribution in [1.29, 1.82) is 0 Å². The first-order valence-corrected chi connectivity index (χ1v) is 6.84. The van der Waals surface area contributed by atoms with Gasteiger partial charge in [0.05, 0.1) is 6.61 Å². The Hall–Kier alpha value is -2.47. The summed E-state index contributed by atoms with van der Waals surface area (Å²) in [6.07, 6.45) is 2.36. The maximum atomic E-state index is 5.11. The number of aromatic nitrogens is 4. The molecule has 0 amide bonds. The Labute approximate surface area is 122 Å². The third kappa shape index (κ3) is 2.85. The molecule has 0 bridgehead atoms. The smallest absolute Gasteiger partial charge is 0.254 e. The van der Waals surface area contributed by atoms with Crippen LogP contribution < -0.4 is 5.32 Å². The van der Waals surface area contributed by atoms with E-state index in [4.69, 9.17) is 4.74 Å². The quantitative estimate of drug-likeness (QED) is 0.779. The minimum absolute atomic E-state index is 0.604. The molecule has 1 aromatic carbocycles. The summed E-state index contributed by atoms with van der Waals surface area (Å²) in [5, 5.41) is 7.55. The fraction of sp³-hybridized carbons (Fsp3) is 0.267. The maximum Gasteiger partial charge on any atom is 0.254 e. The minimum Gasteiger partial charge on any atom is -0.380 e. The number of methoxy groups -OCH3 is 1. The summed E-state index contributed by atoms with van der Waals surface area (Å²) in [5.41, 5.74) is 3.10. The van der Waals surface area contributed by atoms with Gasteiger partial charge in [-0.1, -0.05) is 19.1 Å². The Bertz CT molecular complexity index is 735. The fourth-order valence-electron chi connectivity index (χ4n) is 2.13. The van der Waals surface area contributed by atoms with Gasteiger partial charge in [-0.25, -0.2) is 4.98 Å². The van der Waals surface area contributed by atoms with Crippen molar-refractivity contribution in [2.75, 3.05) is 12.4 Å². The highest BCUT2D eigenvalue weighted by molar-refractivity contribution is 5.59. The first-order chi connectivity index (χ1) is 10.3. The second-order valence-corrected chi connectivity index (χ2v) is 4.71. The van der Waals surface area contributed by atoms with Crippen LogP contribution in [0.2, 0.25) is 0 Å². The van der Waals surface area contributed by atoms with Gasteiger partial charge in [0.15, 0.2) is 0 Å². The van der Waals surface area contributed by atoms with Crippen molar-refractivity contribution in [2.45, 2.75) is 20.0 Å². The van der Waals surface area contributed by atoms with Gasteiger partial charge in [0, 0.05) is 24.6 Å². The molecule has 0 spiro atoms. The number of rotatable bonds is 5. The highest BCUT2D eigenvalue weighted by Gasteiger charge is 2.07. The van der Waals surface area contributed by atoms with Gasteiger partial charge in [-0.05, 0) is 24.1 Å². The summed E-state index contributed by atoms with van der Waals surface area (Å²) in [7, 11) is 1.69. The van der Waals surface area contributed by atoms with Crippen LogP contribution >= 0.6 is 0 Å². The van der Waals surface area contributed by atoms with E-state index < -0.39 is 0 Å². The van der Waals surface area contributed by atoms with Gasteiger partial charge in [0.1, 0.15) is 12.1 Å². The van der Waals surface area contributed by atoms with Gasteiger partial charge in [-0.3, -0.25) is 0 Å². The first kappa shape index (κ1) is 13.5. The number of fused-ring (bicyclic) bond motifs is 1. The fourth-order valence-corrected chi connectivity index (χ4v) is 2.13. The van der Waals surface area contributed by atoms with Gasteiger partial charge < -0.3 is 10.1 Å². The molecule has 2 aromatic heterocycles. The largest absolute Gasteiger partial charge is 0.380 e. The molecule has 6 heteroatoms. The average Bonchev–Trinajstić information content (AvgIpc) is 2.98. The standard InChI is InChI=1S/C15H17N5O/c1-3-12-8-14(20-15(19-12)16-10-17-20)18-13-6-4-11(5-7-13)9-21-2/h4-8,10,18H,3,9H2,1-2H3. The molecule has 0 saturated heterocycles. The Morgan fingerprint density at radius 3 is 2.76 bits per heavy atom. The predicted octanol–water partition coefficient (Wildman–Crippen LogP) is 2.58. The molecule has 0 unspecified atom stereocenters. The molecule has 21 heavy (non-hydrogen) atoms. The third-order valence-corrected chi connectivity index (χ3v) is 3.20. The summed E-state index contributed by atoms with van der Waals surface area (Å²) in [6, 6.07) is 10.1. The molecule has 0 aliphatic rings. The van der Waals surface area contributed by atoms with Gasteiger partial charge in [0.25, 0.3) is 5.78 Å². The Kier molecular flexibility index (Phi) is 3.79. The van der Waals surface area contributed by atoms with E-state index in [0.717, 1.165) is 29.2 Å². The van der Waals surface area contributed by atoms with Crippen molar-refractivity contribution in [3.8, 4) is 0 Å². The second kappa shape index (κ2) is 5.88. The number of nitrogens with one attached hydrogen (secondary N) is 1. The number of benzene rings is 1. The van der Waals surface area contributed by atoms with Crippen LogP contribution in [-0.4, -0.2) is 26.7 Å². The molecule has 0 atom stereocenters. The number of hydrogen-bond acceptors (Lipinski definition) is 5. The van der Waals surface area contributed by atoms with E-state index in [2.05, 4.69) is 27.3 Å². The molecule has 0 aliphatic heterocycles. The van der Waals surface area contributed by atoms with E-state index in [1.54, 1.807) is 11.6 Å². The van der Waals surface area contributed by atoms with Crippen molar-refractivity contribution >= 4 is 17.3 Å². The molecule has 0 saturated carbocycles. The second-order valence-electron chi connectivity index (χ2n) is 4.71. The van der Waals surface area contributed by atoms with Crippen LogP contribution in [0.25, 0.3) is 5.78 Å². The molecule has 0 aliphatic carbocycles. The third-order valence-electron chi connectivity index (χ3n) is 3.20. The van der Waals surface area contributed by atoms with Gasteiger partial charge in [-0.15, -0.1) is 0 Å². The van der Waals surface area contributed by atoms with E-state index in [1.165, 1.54) is 6.33 Å².